The van der Waals surface area contributed by atoms with Gasteiger partial charge in [-0.1, -0.05) is 0 Å². The van der Waals surface area contributed by atoms with E-state index < -0.39 is 5.60 Å². The van der Waals surface area contributed by atoms with Crippen molar-refractivity contribution >= 4 is 11.6 Å². The highest BCUT2D eigenvalue weighted by atomic mass is 16.5. The summed E-state index contributed by atoms with van der Waals surface area (Å²) in [5.41, 5.74) is 7.23. The largest absolute Gasteiger partial charge is 0.395 e. The number of nitrogens with two attached hydrogens (primary N) is 1. The maximum absolute atomic E-state index is 12.0. The Hall–Kier alpha value is -1.56. The number of hydrogen-bond acceptors (Lipinski definition) is 4. The Morgan fingerprint density at radius 1 is 1.58 bits per heavy atom. The van der Waals surface area contributed by atoms with E-state index in [1.165, 1.54) is 0 Å². The molecule has 0 spiro atoms. The van der Waals surface area contributed by atoms with E-state index in [1.807, 2.05) is 20.8 Å². The normalized spacial score (nSPS) is 15.5. The Morgan fingerprint density at radius 2 is 2.26 bits per heavy atom. The number of hydrogen-bond donors (Lipinski definition) is 3. The highest BCUT2D eigenvalue weighted by molar-refractivity contribution is 5.97. The molecule has 0 aliphatic heterocycles. The Kier molecular flexibility index (Phi) is 3.80. The predicted molar refractivity (Wildman–Crippen MR) is 73.0 cm³/mol. The topological polar surface area (TPSA) is 93.0 Å². The first-order valence-corrected chi connectivity index (χ1v) is 6.70. The summed E-state index contributed by atoms with van der Waals surface area (Å²) in [4.78, 5) is 12.0. The van der Waals surface area contributed by atoms with Crippen LogP contribution in [-0.4, -0.2) is 34.9 Å². The van der Waals surface area contributed by atoms with Gasteiger partial charge in [-0.2, -0.15) is 5.10 Å². The molecule has 19 heavy (non-hydrogen) atoms. The molecule has 0 bridgehead atoms. The average Bonchev–Trinajstić information content (AvgIpc) is 3.10. The van der Waals surface area contributed by atoms with E-state index in [4.69, 9.17) is 10.5 Å². The molecule has 1 heterocycles. The molecule has 2 rings (SSSR count). The van der Waals surface area contributed by atoms with Gasteiger partial charge in [0.1, 0.15) is 0 Å². The predicted octanol–water partition coefficient (Wildman–Crippen LogP) is 1.41. The van der Waals surface area contributed by atoms with Gasteiger partial charge in [0.05, 0.1) is 17.0 Å². The van der Waals surface area contributed by atoms with Crippen LogP contribution in [-0.2, 0) is 4.74 Å². The van der Waals surface area contributed by atoms with Crippen LogP contribution in [0.5, 0.6) is 0 Å². The van der Waals surface area contributed by atoms with Gasteiger partial charge < -0.3 is 15.8 Å². The number of carbonyl (C=O) groups excluding carboxylic acids is 1. The maximum atomic E-state index is 12.0. The Morgan fingerprint density at radius 3 is 2.84 bits per heavy atom. The summed E-state index contributed by atoms with van der Waals surface area (Å²) in [6.45, 7) is 6.82. The number of ether oxygens (including phenoxy) is 1. The van der Waals surface area contributed by atoms with Crippen LogP contribution in [0.3, 0.4) is 0 Å². The summed E-state index contributed by atoms with van der Waals surface area (Å²) in [5.74, 6) is 0.197. The highest BCUT2D eigenvalue weighted by Crippen LogP contribution is 2.42. The van der Waals surface area contributed by atoms with Crippen molar-refractivity contribution in [3.05, 3.63) is 11.4 Å². The van der Waals surface area contributed by atoms with Gasteiger partial charge in [-0.15, -0.1) is 0 Å². The monoisotopic (exact) mass is 266 g/mol. The zero-order valence-electron chi connectivity index (χ0n) is 11.7. The van der Waals surface area contributed by atoms with Crippen LogP contribution in [0, 0.1) is 0 Å². The molecule has 6 nitrogen and oxygen atoms in total. The van der Waals surface area contributed by atoms with Gasteiger partial charge in [0.15, 0.2) is 5.69 Å². The molecule has 1 aromatic heterocycles. The molecule has 1 saturated carbocycles. The van der Waals surface area contributed by atoms with E-state index >= 15 is 0 Å². The third kappa shape index (κ3) is 3.26. The van der Waals surface area contributed by atoms with Gasteiger partial charge in [0, 0.05) is 19.1 Å². The number of amides is 1. The quantitative estimate of drug-likeness (QED) is 0.726. The zero-order chi connectivity index (χ0) is 14.0. The van der Waals surface area contributed by atoms with Crippen LogP contribution < -0.4 is 11.1 Å². The van der Waals surface area contributed by atoms with Crippen LogP contribution in [0.25, 0.3) is 0 Å². The number of anilines is 1. The molecular formula is C13H22N4O2. The number of aromatic nitrogens is 2. The third-order valence-electron chi connectivity index (χ3n) is 3.24. The minimum atomic E-state index is -0.394. The van der Waals surface area contributed by atoms with Crippen LogP contribution in [0.15, 0.2) is 0 Å². The van der Waals surface area contributed by atoms with Gasteiger partial charge in [0.2, 0.25) is 0 Å². The van der Waals surface area contributed by atoms with Crippen LogP contribution in [0.1, 0.15) is 55.7 Å². The van der Waals surface area contributed by atoms with Gasteiger partial charge in [-0.05, 0) is 33.6 Å². The molecule has 1 fully saturated rings. The highest BCUT2D eigenvalue weighted by Gasteiger charge is 2.30. The Bertz CT molecular complexity index is 463. The molecule has 6 heteroatoms. The second-order valence-electron chi connectivity index (χ2n) is 5.55. The third-order valence-corrected chi connectivity index (χ3v) is 3.24. The first-order valence-electron chi connectivity index (χ1n) is 6.70. The first-order chi connectivity index (χ1) is 8.94. The molecule has 0 atom stereocenters. The van der Waals surface area contributed by atoms with Crippen molar-refractivity contribution in [2.24, 2.45) is 0 Å². The van der Waals surface area contributed by atoms with E-state index in [-0.39, 0.29) is 11.6 Å². The molecule has 0 saturated heterocycles. The standard InChI is InChI=1S/C13H22N4O2/c1-4-19-13(2,3)7-15-12(18)11-9(14)10(16-17-11)8-5-6-8/h8H,4-7,14H2,1-3H3,(H,15,18)(H,16,17). The summed E-state index contributed by atoms with van der Waals surface area (Å²) >= 11 is 0. The second-order valence-corrected chi connectivity index (χ2v) is 5.55. The maximum Gasteiger partial charge on any atom is 0.274 e. The molecule has 1 aliphatic rings. The van der Waals surface area contributed by atoms with E-state index in [9.17, 15) is 4.79 Å². The van der Waals surface area contributed by atoms with Crippen molar-refractivity contribution in [2.45, 2.75) is 45.1 Å². The lowest BCUT2D eigenvalue weighted by Gasteiger charge is -2.24. The summed E-state index contributed by atoms with van der Waals surface area (Å²) in [5, 5.41) is 9.70. The molecule has 106 valence electrons. The lowest BCUT2D eigenvalue weighted by molar-refractivity contribution is -0.00818. The van der Waals surface area contributed by atoms with Crippen LogP contribution in [0.4, 0.5) is 5.69 Å². The number of H-pyrrole nitrogens is 1. The SMILES string of the molecule is CCOC(C)(C)CNC(=O)c1n[nH]c(C2CC2)c1N. The van der Waals surface area contributed by atoms with E-state index in [0.29, 0.717) is 24.8 Å². The Balaban J connectivity index is 1.96. The lowest BCUT2D eigenvalue weighted by atomic mass is 10.1. The molecule has 1 aliphatic carbocycles. The number of rotatable bonds is 6. The smallest absolute Gasteiger partial charge is 0.274 e. The zero-order valence-corrected chi connectivity index (χ0v) is 11.7. The minimum absolute atomic E-state index is 0.256. The van der Waals surface area contributed by atoms with E-state index in [0.717, 1.165) is 18.5 Å². The fraction of sp³-hybridized carbons (Fsp3) is 0.692. The summed E-state index contributed by atoms with van der Waals surface area (Å²) < 4.78 is 5.53. The van der Waals surface area contributed by atoms with Crippen molar-refractivity contribution < 1.29 is 9.53 Å². The van der Waals surface area contributed by atoms with Crippen molar-refractivity contribution in [1.29, 1.82) is 0 Å². The first kappa shape index (κ1) is 13.9. The van der Waals surface area contributed by atoms with Crippen molar-refractivity contribution in [1.82, 2.24) is 15.5 Å². The summed E-state index contributed by atoms with van der Waals surface area (Å²) in [6, 6.07) is 0. The van der Waals surface area contributed by atoms with Gasteiger partial charge in [-0.25, -0.2) is 0 Å². The van der Waals surface area contributed by atoms with Crippen LogP contribution in [0.2, 0.25) is 0 Å². The lowest BCUT2D eigenvalue weighted by Crippen LogP contribution is -2.40. The molecule has 0 unspecified atom stereocenters. The minimum Gasteiger partial charge on any atom is -0.395 e. The summed E-state index contributed by atoms with van der Waals surface area (Å²) in [6.07, 6.45) is 2.23. The number of nitrogen functional groups attached to an aromatic ring is 1. The molecule has 1 aromatic rings. The number of nitrogens with zero attached hydrogens (tertiary/aromatic N) is 1. The van der Waals surface area contributed by atoms with Crippen molar-refractivity contribution in [2.75, 3.05) is 18.9 Å². The molecule has 0 radical (unpaired) electrons. The molecular weight excluding hydrogens is 244 g/mol. The second kappa shape index (κ2) is 5.21. The molecule has 0 aromatic carbocycles. The fourth-order valence-corrected chi connectivity index (χ4v) is 2.04. The van der Waals surface area contributed by atoms with Gasteiger partial charge in [0.25, 0.3) is 5.91 Å². The summed E-state index contributed by atoms with van der Waals surface area (Å²) in [7, 11) is 0. The van der Waals surface area contributed by atoms with Gasteiger partial charge in [-0.3, -0.25) is 9.89 Å². The van der Waals surface area contributed by atoms with Crippen molar-refractivity contribution in [3.8, 4) is 0 Å². The fourth-order valence-electron chi connectivity index (χ4n) is 2.04. The Labute approximate surface area is 113 Å². The van der Waals surface area contributed by atoms with E-state index in [2.05, 4.69) is 15.5 Å². The van der Waals surface area contributed by atoms with Crippen molar-refractivity contribution in [3.63, 3.8) is 0 Å². The number of nitrogens with one attached hydrogen (secondary N) is 2. The number of aromatic amines is 1. The van der Waals surface area contributed by atoms with Gasteiger partial charge >= 0.3 is 0 Å². The van der Waals surface area contributed by atoms with E-state index in [1.54, 1.807) is 0 Å². The number of carbonyl (C=O) groups is 1. The molecule has 4 N–H and O–H groups in total. The average molecular weight is 266 g/mol. The van der Waals surface area contributed by atoms with Crippen LogP contribution >= 0.6 is 0 Å². The molecule has 1 amide bonds.